The highest BCUT2D eigenvalue weighted by Crippen LogP contribution is 2.08. The first-order valence-electron chi connectivity index (χ1n) is 5.97. The van der Waals surface area contributed by atoms with Crippen LogP contribution in [0.3, 0.4) is 0 Å². The number of hydrogen-bond donors (Lipinski definition) is 0. The molecule has 0 saturated heterocycles. The molecule has 1 heterocycles. The Kier molecular flexibility index (Phi) is 3.82. The van der Waals surface area contributed by atoms with Crippen molar-refractivity contribution in [2.75, 3.05) is 7.05 Å². The fourth-order valence-corrected chi connectivity index (χ4v) is 1.86. The number of furan rings is 1. The fraction of sp³-hybridized carbons (Fsp3) is 0.267. The maximum Gasteiger partial charge on any atom is 0.227 e. The molecule has 0 radical (unpaired) electrons. The molecule has 0 aliphatic rings. The number of amides is 1. The van der Waals surface area contributed by atoms with Gasteiger partial charge in [-0.2, -0.15) is 0 Å². The summed E-state index contributed by atoms with van der Waals surface area (Å²) in [6, 6.07) is 11.7. The largest absolute Gasteiger partial charge is 0.467 e. The van der Waals surface area contributed by atoms with Crippen molar-refractivity contribution in [1.29, 1.82) is 0 Å². The normalized spacial score (nSPS) is 10.3. The minimum Gasteiger partial charge on any atom is -0.467 e. The van der Waals surface area contributed by atoms with Crippen molar-refractivity contribution in [2.24, 2.45) is 0 Å². The summed E-state index contributed by atoms with van der Waals surface area (Å²) in [5, 5.41) is 0. The number of benzene rings is 1. The van der Waals surface area contributed by atoms with E-state index in [1.807, 2.05) is 43.3 Å². The zero-order chi connectivity index (χ0) is 13.0. The van der Waals surface area contributed by atoms with E-state index in [-0.39, 0.29) is 5.91 Å². The second kappa shape index (κ2) is 5.54. The SMILES string of the molecule is Cc1cccc(CC(=O)N(C)Cc2ccco2)c1. The predicted molar refractivity (Wildman–Crippen MR) is 70.1 cm³/mol. The van der Waals surface area contributed by atoms with Crippen molar-refractivity contribution in [3.8, 4) is 0 Å². The Hall–Kier alpha value is -2.03. The summed E-state index contributed by atoms with van der Waals surface area (Å²) in [7, 11) is 1.79. The van der Waals surface area contributed by atoms with E-state index in [4.69, 9.17) is 4.42 Å². The molecule has 18 heavy (non-hydrogen) atoms. The first kappa shape index (κ1) is 12.4. The van der Waals surface area contributed by atoms with E-state index in [9.17, 15) is 4.79 Å². The Bertz CT molecular complexity index is 517. The molecule has 0 unspecified atom stereocenters. The molecule has 0 fully saturated rings. The minimum atomic E-state index is 0.0944. The van der Waals surface area contributed by atoms with Crippen LogP contribution in [0.5, 0.6) is 0 Å². The Labute approximate surface area is 107 Å². The van der Waals surface area contributed by atoms with E-state index in [1.54, 1.807) is 18.2 Å². The molecule has 0 N–H and O–H groups in total. The number of likely N-dealkylation sites (N-methyl/N-ethyl adjacent to an activating group) is 1. The van der Waals surface area contributed by atoms with Crippen LogP contribution in [-0.2, 0) is 17.8 Å². The summed E-state index contributed by atoms with van der Waals surface area (Å²) in [6.45, 7) is 2.54. The molecule has 0 saturated carbocycles. The number of carbonyl (C=O) groups is 1. The fourth-order valence-electron chi connectivity index (χ4n) is 1.86. The van der Waals surface area contributed by atoms with Crippen molar-refractivity contribution in [3.05, 3.63) is 59.5 Å². The molecule has 0 atom stereocenters. The maximum atomic E-state index is 12.0. The van der Waals surface area contributed by atoms with Crippen LogP contribution in [0.4, 0.5) is 0 Å². The molecule has 2 aromatic rings. The third-order valence-corrected chi connectivity index (χ3v) is 2.84. The quantitative estimate of drug-likeness (QED) is 0.827. The molecule has 3 nitrogen and oxygen atoms in total. The molecule has 1 aromatic carbocycles. The topological polar surface area (TPSA) is 33.5 Å². The summed E-state index contributed by atoms with van der Waals surface area (Å²) in [4.78, 5) is 13.7. The third-order valence-electron chi connectivity index (χ3n) is 2.84. The first-order chi connectivity index (χ1) is 8.65. The van der Waals surface area contributed by atoms with Crippen LogP contribution in [0.15, 0.2) is 47.1 Å². The van der Waals surface area contributed by atoms with Crippen molar-refractivity contribution in [1.82, 2.24) is 4.90 Å². The molecule has 1 aromatic heterocycles. The molecule has 0 spiro atoms. The molecular weight excluding hydrogens is 226 g/mol. The summed E-state index contributed by atoms with van der Waals surface area (Å²) < 4.78 is 5.23. The molecule has 94 valence electrons. The average molecular weight is 243 g/mol. The second-order valence-electron chi connectivity index (χ2n) is 4.49. The van der Waals surface area contributed by atoms with Crippen LogP contribution in [0, 0.1) is 6.92 Å². The Morgan fingerprint density at radius 2 is 2.11 bits per heavy atom. The zero-order valence-corrected chi connectivity index (χ0v) is 10.7. The van der Waals surface area contributed by atoms with Crippen molar-refractivity contribution < 1.29 is 9.21 Å². The van der Waals surface area contributed by atoms with Gasteiger partial charge >= 0.3 is 0 Å². The smallest absolute Gasteiger partial charge is 0.227 e. The van der Waals surface area contributed by atoms with Crippen LogP contribution >= 0.6 is 0 Å². The maximum absolute atomic E-state index is 12.0. The highest BCUT2D eigenvalue weighted by atomic mass is 16.3. The summed E-state index contributed by atoms with van der Waals surface area (Å²) in [6.07, 6.45) is 2.05. The molecule has 0 aliphatic heterocycles. The lowest BCUT2D eigenvalue weighted by atomic mass is 10.1. The van der Waals surface area contributed by atoms with Gasteiger partial charge in [-0.1, -0.05) is 29.8 Å². The van der Waals surface area contributed by atoms with Gasteiger partial charge in [-0.3, -0.25) is 4.79 Å². The highest BCUT2D eigenvalue weighted by Gasteiger charge is 2.11. The first-order valence-corrected chi connectivity index (χ1v) is 5.97. The molecule has 3 heteroatoms. The summed E-state index contributed by atoms with van der Waals surface area (Å²) in [5.74, 6) is 0.895. The molecular formula is C15H17NO2. The lowest BCUT2D eigenvalue weighted by molar-refractivity contribution is -0.129. The van der Waals surface area contributed by atoms with Gasteiger partial charge in [0.2, 0.25) is 5.91 Å². The van der Waals surface area contributed by atoms with Crippen LogP contribution < -0.4 is 0 Å². The third kappa shape index (κ3) is 3.23. The Balaban J connectivity index is 1.95. The van der Waals surface area contributed by atoms with Crippen LogP contribution in [0.2, 0.25) is 0 Å². The minimum absolute atomic E-state index is 0.0944. The van der Waals surface area contributed by atoms with Gasteiger partial charge in [0.15, 0.2) is 0 Å². The van der Waals surface area contributed by atoms with Crippen molar-refractivity contribution in [3.63, 3.8) is 0 Å². The van der Waals surface area contributed by atoms with Gasteiger partial charge < -0.3 is 9.32 Å². The number of rotatable bonds is 4. The van der Waals surface area contributed by atoms with Crippen molar-refractivity contribution >= 4 is 5.91 Å². The van der Waals surface area contributed by atoms with Crippen LogP contribution in [0.25, 0.3) is 0 Å². The monoisotopic (exact) mass is 243 g/mol. The molecule has 0 bridgehead atoms. The van der Waals surface area contributed by atoms with Gasteiger partial charge in [-0.15, -0.1) is 0 Å². The lowest BCUT2D eigenvalue weighted by Gasteiger charge is -2.15. The van der Waals surface area contributed by atoms with Gasteiger partial charge in [0, 0.05) is 7.05 Å². The molecule has 1 amide bonds. The highest BCUT2D eigenvalue weighted by molar-refractivity contribution is 5.78. The van der Waals surface area contributed by atoms with Crippen molar-refractivity contribution in [2.45, 2.75) is 19.9 Å². The van der Waals surface area contributed by atoms with E-state index < -0.39 is 0 Å². The Morgan fingerprint density at radius 1 is 1.28 bits per heavy atom. The standard InChI is InChI=1S/C15H17NO2/c1-12-5-3-6-13(9-12)10-15(17)16(2)11-14-7-4-8-18-14/h3-9H,10-11H2,1-2H3. The number of aryl methyl sites for hydroxylation is 1. The lowest BCUT2D eigenvalue weighted by Crippen LogP contribution is -2.27. The van der Waals surface area contributed by atoms with E-state index in [1.165, 1.54) is 5.56 Å². The number of nitrogens with zero attached hydrogens (tertiary/aromatic N) is 1. The van der Waals surface area contributed by atoms with Gasteiger partial charge in [-0.05, 0) is 24.6 Å². The summed E-state index contributed by atoms with van der Waals surface area (Å²) in [5.41, 5.74) is 2.22. The van der Waals surface area contributed by atoms with E-state index >= 15 is 0 Å². The molecule has 2 rings (SSSR count). The van der Waals surface area contributed by atoms with Crippen LogP contribution in [-0.4, -0.2) is 17.9 Å². The Morgan fingerprint density at radius 3 is 2.78 bits per heavy atom. The zero-order valence-electron chi connectivity index (χ0n) is 10.7. The van der Waals surface area contributed by atoms with Gasteiger partial charge in [0.25, 0.3) is 0 Å². The number of hydrogen-bond acceptors (Lipinski definition) is 2. The summed E-state index contributed by atoms with van der Waals surface area (Å²) >= 11 is 0. The van der Waals surface area contributed by atoms with E-state index in [2.05, 4.69) is 0 Å². The van der Waals surface area contributed by atoms with Gasteiger partial charge in [0.1, 0.15) is 5.76 Å². The predicted octanol–water partition coefficient (Wildman–Crippen LogP) is 2.79. The van der Waals surface area contributed by atoms with E-state index in [0.29, 0.717) is 13.0 Å². The average Bonchev–Trinajstić information content (AvgIpc) is 2.81. The van der Waals surface area contributed by atoms with Gasteiger partial charge in [-0.25, -0.2) is 0 Å². The van der Waals surface area contributed by atoms with Gasteiger partial charge in [0.05, 0.1) is 19.2 Å². The van der Waals surface area contributed by atoms with Crippen LogP contribution in [0.1, 0.15) is 16.9 Å². The van der Waals surface area contributed by atoms with E-state index in [0.717, 1.165) is 11.3 Å². The molecule has 0 aliphatic carbocycles. The number of carbonyl (C=O) groups excluding carboxylic acids is 1. The second-order valence-corrected chi connectivity index (χ2v) is 4.49.